The van der Waals surface area contributed by atoms with Gasteiger partial charge in [-0.15, -0.1) is 0 Å². The van der Waals surface area contributed by atoms with Crippen molar-refractivity contribution in [3.63, 3.8) is 0 Å². The van der Waals surface area contributed by atoms with Crippen molar-refractivity contribution in [2.45, 2.75) is 128 Å². The Morgan fingerprint density at radius 3 is 1.72 bits per heavy atom. The molecule has 3 aliphatic carbocycles. The lowest BCUT2D eigenvalue weighted by Crippen LogP contribution is -2.39. The highest BCUT2D eigenvalue weighted by molar-refractivity contribution is 8.31. The van der Waals surface area contributed by atoms with Gasteiger partial charge in [0.15, 0.2) is 0 Å². The second-order valence-electron chi connectivity index (χ2n) is 15.7. The van der Waals surface area contributed by atoms with Crippen LogP contribution in [0.4, 0.5) is 0 Å². The monoisotopic (exact) mass is 505 g/mol. The second-order valence-corrected chi connectivity index (χ2v) is 19.2. The molecule has 0 heterocycles. The SMILES string of the molecule is CC1CCC(C)(C)c2cc3c(cc21)C(S(C)(C)NC(C)(C)C)c1cc2c(cc1-3)C(C)(C)CCC2(C)C. The van der Waals surface area contributed by atoms with E-state index in [1.54, 1.807) is 33.4 Å². The van der Waals surface area contributed by atoms with Gasteiger partial charge in [0.1, 0.15) is 0 Å². The van der Waals surface area contributed by atoms with Crippen molar-refractivity contribution in [2.75, 3.05) is 12.5 Å². The van der Waals surface area contributed by atoms with Gasteiger partial charge in [0, 0.05) is 5.54 Å². The van der Waals surface area contributed by atoms with Crippen molar-refractivity contribution < 1.29 is 0 Å². The fourth-order valence-electron chi connectivity index (χ4n) is 7.68. The van der Waals surface area contributed by atoms with E-state index < -0.39 is 10.2 Å². The first-order valence-electron chi connectivity index (χ1n) is 14.2. The maximum atomic E-state index is 4.13. The molecule has 0 saturated carbocycles. The van der Waals surface area contributed by atoms with Gasteiger partial charge in [0.05, 0.1) is 5.25 Å². The largest absolute Gasteiger partial charge is 0.275 e. The predicted octanol–water partition coefficient (Wildman–Crippen LogP) is 9.65. The van der Waals surface area contributed by atoms with E-state index in [9.17, 15) is 0 Å². The van der Waals surface area contributed by atoms with Crippen LogP contribution in [0.15, 0.2) is 24.3 Å². The average molecular weight is 506 g/mol. The maximum absolute atomic E-state index is 4.13. The van der Waals surface area contributed by atoms with Gasteiger partial charge in [-0.2, -0.15) is 10.2 Å². The Balaban J connectivity index is 1.83. The molecule has 0 amide bonds. The van der Waals surface area contributed by atoms with Crippen LogP contribution in [0, 0.1) is 0 Å². The van der Waals surface area contributed by atoms with Crippen LogP contribution in [0.1, 0.15) is 139 Å². The van der Waals surface area contributed by atoms with Crippen LogP contribution < -0.4 is 4.72 Å². The Morgan fingerprint density at radius 2 is 1.17 bits per heavy atom. The van der Waals surface area contributed by atoms with E-state index in [0.717, 1.165) is 0 Å². The fourth-order valence-corrected chi connectivity index (χ4v) is 11.0. The van der Waals surface area contributed by atoms with E-state index in [1.165, 1.54) is 36.8 Å². The van der Waals surface area contributed by atoms with E-state index in [2.05, 4.69) is 111 Å². The Kier molecular flexibility index (Phi) is 5.77. The van der Waals surface area contributed by atoms with E-state index in [0.29, 0.717) is 11.2 Å². The lowest BCUT2D eigenvalue weighted by molar-refractivity contribution is 0.332. The normalized spacial score (nSPS) is 26.0. The standard InChI is InChI=1S/C34H51NS/c1-21-13-14-32(5,6)27-18-23-24-19-28-29(34(9,10)16-15-33(28,7)8)20-26(24)30(25(23)17-22(21)27)36(11,12)35-31(2,3)4/h17-21,30,35H,13-16H2,1-12H3. The zero-order valence-electron chi connectivity index (χ0n) is 25.2. The molecule has 2 aromatic rings. The molecule has 198 valence electrons. The van der Waals surface area contributed by atoms with Gasteiger partial charge in [-0.3, -0.25) is 4.72 Å². The molecule has 2 aromatic carbocycles. The van der Waals surface area contributed by atoms with E-state index in [-0.39, 0.29) is 21.8 Å². The minimum Gasteiger partial charge on any atom is -0.275 e. The molecule has 2 atom stereocenters. The summed E-state index contributed by atoms with van der Waals surface area (Å²) in [4.78, 5) is 0. The Bertz CT molecular complexity index is 1220. The van der Waals surface area contributed by atoms with Crippen molar-refractivity contribution >= 4 is 10.2 Å². The third-order valence-electron chi connectivity index (χ3n) is 9.72. The van der Waals surface area contributed by atoms with Crippen LogP contribution in [0.25, 0.3) is 11.1 Å². The summed E-state index contributed by atoms with van der Waals surface area (Å²) in [6.45, 7) is 24.2. The topological polar surface area (TPSA) is 12.0 Å². The van der Waals surface area contributed by atoms with Gasteiger partial charge in [-0.05, 0) is 138 Å². The number of fused-ring (bicyclic) bond motifs is 5. The summed E-state index contributed by atoms with van der Waals surface area (Å²) in [6.07, 6.45) is 10.1. The Labute approximate surface area is 223 Å². The summed E-state index contributed by atoms with van der Waals surface area (Å²) in [5, 5.41) is 0.426. The third kappa shape index (κ3) is 4.10. The third-order valence-corrected chi connectivity index (χ3v) is 12.5. The number of nitrogens with one attached hydrogen (secondary N) is 1. The first-order chi connectivity index (χ1) is 16.3. The first kappa shape index (κ1) is 26.4. The van der Waals surface area contributed by atoms with Crippen LogP contribution in [0.3, 0.4) is 0 Å². The Morgan fingerprint density at radius 1 is 0.694 bits per heavy atom. The van der Waals surface area contributed by atoms with Crippen molar-refractivity contribution in [2.24, 2.45) is 0 Å². The fraction of sp³-hybridized carbons (Fsp3) is 0.647. The molecule has 1 nitrogen and oxygen atoms in total. The van der Waals surface area contributed by atoms with Gasteiger partial charge < -0.3 is 0 Å². The molecule has 0 fully saturated rings. The smallest absolute Gasteiger partial charge is 0.0511 e. The van der Waals surface area contributed by atoms with Gasteiger partial charge in [-0.25, -0.2) is 0 Å². The van der Waals surface area contributed by atoms with Crippen LogP contribution in [0.2, 0.25) is 0 Å². The molecule has 5 rings (SSSR count). The highest BCUT2D eigenvalue weighted by atomic mass is 32.3. The van der Waals surface area contributed by atoms with Crippen LogP contribution in [-0.4, -0.2) is 18.1 Å². The molecule has 0 bridgehead atoms. The van der Waals surface area contributed by atoms with Crippen molar-refractivity contribution in [3.05, 3.63) is 57.6 Å². The molecule has 2 heteroatoms. The van der Waals surface area contributed by atoms with E-state index in [1.807, 2.05) is 0 Å². The quantitative estimate of drug-likeness (QED) is 0.428. The number of benzene rings is 2. The first-order valence-corrected chi connectivity index (χ1v) is 16.7. The van der Waals surface area contributed by atoms with Crippen molar-refractivity contribution in [1.82, 2.24) is 4.72 Å². The molecule has 0 aromatic heterocycles. The molecule has 0 aliphatic heterocycles. The molecule has 3 aliphatic rings. The van der Waals surface area contributed by atoms with Crippen molar-refractivity contribution in [1.29, 1.82) is 0 Å². The highest BCUT2D eigenvalue weighted by Crippen LogP contribution is 2.65. The zero-order chi connectivity index (χ0) is 26.6. The number of rotatable bonds is 2. The minimum absolute atomic E-state index is 0.0840. The molecule has 0 radical (unpaired) electrons. The van der Waals surface area contributed by atoms with Gasteiger partial charge in [-0.1, -0.05) is 60.6 Å². The van der Waals surface area contributed by atoms with Gasteiger partial charge in [0.2, 0.25) is 0 Å². The van der Waals surface area contributed by atoms with E-state index in [4.69, 9.17) is 0 Å². The predicted molar refractivity (Wildman–Crippen MR) is 162 cm³/mol. The lowest BCUT2D eigenvalue weighted by atomic mass is 9.62. The molecule has 2 unspecified atom stereocenters. The molecule has 0 spiro atoms. The van der Waals surface area contributed by atoms with Crippen molar-refractivity contribution in [3.8, 4) is 11.1 Å². The molecule has 36 heavy (non-hydrogen) atoms. The molecular weight excluding hydrogens is 454 g/mol. The molecular formula is C34H51NS. The second kappa shape index (κ2) is 7.89. The summed E-state index contributed by atoms with van der Waals surface area (Å²) in [7, 11) is -1.16. The van der Waals surface area contributed by atoms with Gasteiger partial charge >= 0.3 is 0 Å². The molecule has 0 saturated heterocycles. The Hall–Kier alpha value is -1.25. The number of hydrogen-bond donors (Lipinski definition) is 1. The summed E-state index contributed by atoms with van der Waals surface area (Å²) in [6, 6.07) is 10.6. The zero-order valence-corrected chi connectivity index (χ0v) is 26.0. The highest BCUT2D eigenvalue weighted by Gasteiger charge is 2.44. The summed E-state index contributed by atoms with van der Waals surface area (Å²) < 4.78 is 4.13. The van der Waals surface area contributed by atoms with Gasteiger partial charge in [0.25, 0.3) is 0 Å². The summed E-state index contributed by atoms with van der Waals surface area (Å²) in [5.74, 6) is 0.641. The van der Waals surface area contributed by atoms with E-state index >= 15 is 0 Å². The summed E-state index contributed by atoms with van der Waals surface area (Å²) in [5.41, 5.74) is 13.4. The lowest BCUT2D eigenvalue weighted by Gasteiger charge is -2.46. The van der Waals surface area contributed by atoms with Crippen LogP contribution in [-0.2, 0) is 16.2 Å². The number of hydrogen-bond acceptors (Lipinski definition) is 1. The summed E-state index contributed by atoms with van der Waals surface area (Å²) >= 11 is 0. The van der Waals surface area contributed by atoms with Crippen LogP contribution in [0.5, 0.6) is 0 Å². The van der Waals surface area contributed by atoms with Crippen LogP contribution >= 0.6 is 10.2 Å². The maximum Gasteiger partial charge on any atom is 0.0511 e. The molecule has 1 N–H and O–H groups in total. The average Bonchev–Trinajstić information content (AvgIpc) is 3.05. The minimum atomic E-state index is -1.16.